The number of aliphatic hydroxyl groups excluding tert-OH is 1. The number of rotatable bonds is 7. The number of furan rings is 1. The summed E-state index contributed by atoms with van der Waals surface area (Å²) in [6.07, 6.45) is 4.06. The Bertz CT molecular complexity index is 667. The number of benzene rings is 1. The molecule has 0 radical (unpaired) electrons. The molecule has 1 aromatic heterocycles. The lowest BCUT2D eigenvalue weighted by atomic mass is 9.92. The van der Waals surface area contributed by atoms with E-state index in [0.29, 0.717) is 13.0 Å². The normalized spacial score (nSPS) is 16.6. The second-order valence-corrected chi connectivity index (χ2v) is 6.71. The summed E-state index contributed by atoms with van der Waals surface area (Å²) in [6.45, 7) is 4.41. The van der Waals surface area contributed by atoms with Crippen molar-refractivity contribution < 1.29 is 14.3 Å². The van der Waals surface area contributed by atoms with E-state index >= 15 is 0 Å². The first kappa shape index (κ1) is 16.8. The van der Waals surface area contributed by atoms with Crippen LogP contribution in [-0.2, 0) is 16.8 Å². The van der Waals surface area contributed by atoms with Crippen LogP contribution in [0.4, 0.5) is 0 Å². The summed E-state index contributed by atoms with van der Waals surface area (Å²) in [5.74, 6) is 0.846. The lowest BCUT2D eigenvalue weighted by molar-refractivity contribution is -0.138. The average molecular weight is 327 g/mol. The molecule has 1 atom stereocenters. The highest BCUT2D eigenvalue weighted by Gasteiger charge is 2.53. The fourth-order valence-corrected chi connectivity index (χ4v) is 3.28. The summed E-state index contributed by atoms with van der Waals surface area (Å²) in [4.78, 5) is 15.2. The molecule has 1 aliphatic carbocycles. The van der Waals surface area contributed by atoms with Crippen LogP contribution in [0.5, 0.6) is 0 Å². The van der Waals surface area contributed by atoms with Crippen LogP contribution in [0.15, 0.2) is 47.1 Å². The summed E-state index contributed by atoms with van der Waals surface area (Å²) in [5.41, 5.74) is 1.84. The van der Waals surface area contributed by atoms with E-state index in [1.54, 1.807) is 11.2 Å². The molecule has 3 rings (SSSR count). The van der Waals surface area contributed by atoms with Gasteiger partial charge in [-0.3, -0.25) is 4.79 Å². The molecule has 24 heavy (non-hydrogen) atoms. The van der Waals surface area contributed by atoms with Gasteiger partial charge < -0.3 is 14.4 Å². The standard InChI is InChI=1S/C20H25NO3/c1-3-17(14-22)21(13-18-5-4-12-24-18)19(23)20(10-11-20)16-8-6-15(2)7-9-16/h4-9,12,17,22H,3,10-11,13-14H2,1-2H3. The highest BCUT2D eigenvalue weighted by atomic mass is 16.3. The molecule has 4 nitrogen and oxygen atoms in total. The Morgan fingerprint density at radius 3 is 2.50 bits per heavy atom. The molecule has 0 bridgehead atoms. The molecule has 1 unspecified atom stereocenters. The third kappa shape index (κ3) is 3.11. The third-order valence-corrected chi connectivity index (χ3v) is 5.05. The Labute approximate surface area is 143 Å². The van der Waals surface area contributed by atoms with E-state index in [1.165, 1.54) is 5.56 Å². The van der Waals surface area contributed by atoms with Gasteiger partial charge in [-0.1, -0.05) is 36.8 Å². The second-order valence-electron chi connectivity index (χ2n) is 6.71. The van der Waals surface area contributed by atoms with E-state index in [1.807, 2.05) is 26.0 Å². The first-order valence-electron chi connectivity index (χ1n) is 8.62. The molecule has 0 saturated heterocycles. The maximum absolute atomic E-state index is 13.4. The van der Waals surface area contributed by atoms with Crippen LogP contribution in [0, 0.1) is 6.92 Å². The molecule has 1 N–H and O–H groups in total. The maximum Gasteiger partial charge on any atom is 0.233 e. The van der Waals surface area contributed by atoms with Crippen molar-refractivity contribution in [2.45, 2.75) is 51.1 Å². The van der Waals surface area contributed by atoms with Crippen LogP contribution in [-0.4, -0.2) is 28.6 Å². The van der Waals surface area contributed by atoms with E-state index < -0.39 is 5.41 Å². The number of nitrogens with zero attached hydrogens (tertiary/aromatic N) is 1. The van der Waals surface area contributed by atoms with Crippen LogP contribution in [0.3, 0.4) is 0 Å². The zero-order valence-corrected chi connectivity index (χ0v) is 14.4. The van der Waals surface area contributed by atoms with Gasteiger partial charge in [0.25, 0.3) is 0 Å². The summed E-state index contributed by atoms with van der Waals surface area (Å²) in [5, 5.41) is 9.74. The summed E-state index contributed by atoms with van der Waals surface area (Å²) >= 11 is 0. The Hall–Kier alpha value is -2.07. The van der Waals surface area contributed by atoms with Gasteiger partial charge >= 0.3 is 0 Å². The van der Waals surface area contributed by atoms with Crippen molar-refractivity contribution in [1.82, 2.24) is 4.90 Å². The van der Waals surface area contributed by atoms with Gasteiger partial charge in [-0.25, -0.2) is 0 Å². The molecule has 4 heteroatoms. The fourth-order valence-electron chi connectivity index (χ4n) is 3.28. The molecular weight excluding hydrogens is 302 g/mol. The number of aliphatic hydroxyl groups is 1. The van der Waals surface area contributed by atoms with Gasteiger partial charge in [-0.05, 0) is 43.9 Å². The van der Waals surface area contributed by atoms with Gasteiger partial charge in [0.2, 0.25) is 5.91 Å². The minimum Gasteiger partial charge on any atom is -0.467 e. The van der Waals surface area contributed by atoms with Crippen molar-refractivity contribution in [3.63, 3.8) is 0 Å². The van der Waals surface area contributed by atoms with Crippen molar-refractivity contribution in [3.05, 3.63) is 59.5 Å². The largest absolute Gasteiger partial charge is 0.467 e. The van der Waals surface area contributed by atoms with Crippen molar-refractivity contribution in [2.24, 2.45) is 0 Å². The first-order valence-corrected chi connectivity index (χ1v) is 8.62. The lowest BCUT2D eigenvalue weighted by Gasteiger charge is -2.33. The summed E-state index contributed by atoms with van der Waals surface area (Å²) in [6, 6.07) is 11.7. The van der Waals surface area contributed by atoms with Crippen molar-refractivity contribution in [3.8, 4) is 0 Å². The number of aryl methyl sites for hydroxylation is 1. The summed E-state index contributed by atoms with van der Waals surface area (Å²) < 4.78 is 5.43. The molecule has 1 saturated carbocycles. The molecule has 0 aliphatic heterocycles. The average Bonchev–Trinajstić information content (AvgIpc) is 3.24. The molecule has 1 aromatic carbocycles. The van der Waals surface area contributed by atoms with Gasteiger partial charge in [0.15, 0.2) is 0 Å². The predicted molar refractivity (Wildman–Crippen MR) is 92.5 cm³/mol. The van der Waals surface area contributed by atoms with Crippen molar-refractivity contribution in [2.75, 3.05) is 6.61 Å². The number of hydrogen-bond acceptors (Lipinski definition) is 3. The Balaban J connectivity index is 1.88. The van der Waals surface area contributed by atoms with Crippen LogP contribution < -0.4 is 0 Å². The highest BCUT2D eigenvalue weighted by Crippen LogP contribution is 2.50. The van der Waals surface area contributed by atoms with Gasteiger partial charge in [-0.2, -0.15) is 0 Å². The zero-order chi connectivity index (χ0) is 17.2. The van der Waals surface area contributed by atoms with Crippen LogP contribution in [0.1, 0.15) is 43.1 Å². The van der Waals surface area contributed by atoms with E-state index in [9.17, 15) is 9.90 Å². The molecule has 1 amide bonds. The van der Waals surface area contributed by atoms with Crippen LogP contribution in [0.25, 0.3) is 0 Å². The minimum atomic E-state index is -0.428. The predicted octanol–water partition coefficient (Wildman–Crippen LogP) is 3.42. The monoisotopic (exact) mass is 327 g/mol. The van der Waals surface area contributed by atoms with E-state index in [4.69, 9.17) is 4.42 Å². The molecule has 1 fully saturated rings. The van der Waals surface area contributed by atoms with E-state index in [0.717, 1.165) is 24.2 Å². The van der Waals surface area contributed by atoms with Crippen LogP contribution in [0.2, 0.25) is 0 Å². The molecule has 1 heterocycles. The fraction of sp³-hybridized carbons (Fsp3) is 0.450. The molecule has 128 valence electrons. The van der Waals surface area contributed by atoms with E-state index in [2.05, 4.69) is 24.3 Å². The van der Waals surface area contributed by atoms with Gasteiger partial charge in [0.05, 0.1) is 30.9 Å². The number of carbonyl (C=O) groups excluding carboxylic acids is 1. The molecular formula is C20H25NO3. The van der Waals surface area contributed by atoms with E-state index in [-0.39, 0.29) is 18.6 Å². The topological polar surface area (TPSA) is 53.7 Å². The van der Waals surface area contributed by atoms with Crippen molar-refractivity contribution >= 4 is 5.91 Å². The molecule has 0 spiro atoms. The number of hydrogen-bond donors (Lipinski definition) is 1. The Morgan fingerprint density at radius 2 is 2.00 bits per heavy atom. The number of amides is 1. The third-order valence-electron chi connectivity index (χ3n) is 5.05. The minimum absolute atomic E-state index is 0.0348. The zero-order valence-electron chi connectivity index (χ0n) is 14.4. The van der Waals surface area contributed by atoms with Gasteiger partial charge in [0.1, 0.15) is 5.76 Å². The Morgan fingerprint density at radius 1 is 1.29 bits per heavy atom. The first-order chi connectivity index (χ1) is 11.6. The van der Waals surface area contributed by atoms with Gasteiger partial charge in [0, 0.05) is 0 Å². The van der Waals surface area contributed by atoms with Crippen LogP contribution >= 0.6 is 0 Å². The lowest BCUT2D eigenvalue weighted by Crippen LogP contribution is -2.46. The molecule has 1 aliphatic rings. The SMILES string of the molecule is CCC(CO)N(Cc1ccco1)C(=O)C1(c2ccc(C)cc2)CC1. The molecule has 2 aromatic rings. The number of carbonyl (C=O) groups is 1. The maximum atomic E-state index is 13.4. The second kappa shape index (κ2) is 6.81. The Kier molecular flexibility index (Phi) is 4.76. The summed E-state index contributed by atoms with van der Waals surface area (Å²) in [7, 11) is 0. The smallest absolute Gasteiger partial charge is 0.233 e. The quantitative estimate of drug-likeness (QED) is 0.848. The van der Waals surface area contributed by atoms with Crippen molar-refractivity contribution in [1.29, 1.82) is 0 Å². The van der Waals surface area contributed by atoms with Gasteiger partial charge in [-0.15, -0.1) is 0 Å². The highest BCUT2D eigenvalue weighted by molar-refractivity contribution is 5.91.